The number of hydrogen-bond acceptors (Lipinski definition) is 4. The molecule has 124 valence electrons. The van der Waals surface area contributed by atoms with E-state index in [1.165, 1.54) is 0 Å². The van der Waals surface area contributed by atoms with Crippen LogP contribution in [0.1, 0.15) is 5.56 Å². The van der Waals surface area contributed by atoms with E-state index >= 15 is 0 Å². The van der Waals surface area contributed by atoms with Crippen LogP contribution in [-0.4, -0.2) is 24.9 Å². The van der Waals surface area contributed by atoms with Gasteiger partial charge in [-0.25, -0.2) is 4.79 Å². The quantitative estimate of drug-likeness (QED) is 0.536. The zero-order valence-electron chi connectivity index (χ0n) is 13.9. The third-order valence-electron chi connectivity index (χ3n) is 4.46. The highest BCUT2D eigenvalue weighted by atomic mass is 16.5. The summed E-state index contributed by atoms with van der Waals surface area (Å²) < 4.78 is 13.3. The summed E-state index contributed by atoms with van der Waals surface area (Å²) in [5, 5.41) is 1.02. The van der Waals surface area contributed by atoms with E-state index in [-0.39, 0.29) is 0 Å². The standard InChI is InChI=1S/C20H16N2O3/c1-24-17-9-18(25-2)19-16(13-6-4-3-5-7-13)11-22-10-14(21-12-23)8-15(17)20(19)22/h3-9,11H,10H2,1-2H3. The molecule has 2 heterocycles. The zero-order valence-corrected chi connectivity index (χ0v) is 13.9. The van der Waals surface area contributed by atoms with Gasteiger partial charge in [0.15, 0.2) is 0 Å². The first-order chi connectivity index (χ1) is 12.3. The van der Waals surface area contributed by atoms with Crippen LogP contribution in [0.25, 0.3) is 28.1 Å². The second kappa shape index (κ2) is 5.96. The SMILES string of the molecule is COc1cc(OC)c2c(-c3ccccc3)cn3c2c1C=C(N=C=O)C3. The second-order valence-electron chi connectivity index (χ2n) is 5.79. The lowest BCUT2D eigenvalue weighted by atomic mass is 10.00. The Morgan fingerprint density at radius 2 is 1.88 bits per heavy atom. The zero-order chi connectivity index (χ0) is 17.4. The van der Waals surface area contributed by atoms with Gasteiger partial charge in [-0.05, 0) is 11.6 Å². The Morgan fingerprint density at radius 3 is 2.56 bits per heavy atom. The molecule has 5 heteroatoms. The molecule has 0 unspecified atom stereocenters. The molecule has 25 heavy (non-hydrogen) atoms. The molecule has 5 nitrogen and oxygen atoms in total. The van der Waals surface area contributed by atoms with Crippen molar-refractivity contribution in [3.05, 3.63) is 53.9 Å². The number of benzene rings is 2. The fraction of sp³-hybridized carbons (Fsp3) is 0.150. The number of hydrogen-bond donors (Lipinski definition) is 0. The van der Waals surface area contributed by atoms with Gasteiger partial charge in [0, 0.05) is 23.4 Å². The molecule has 0 spiro atoms. The molecule has 0 saturated carbocycles. The minimum Gasteiger partial charge on any atom is -0.496 e. The highest BCUT2D eigenvalue weighted by Crippen LogP contribution is 2.45. The molecule has 0 saturated heterocycles. The summed E-state index contributed by atoms with van der Waals surface area (Å²) in [5.41, 5.74) is 4.72. The summed E-state index contributed by atoms with van der Waals surface area (Å²) in [6.45, 7) is 0.502. The van der Waals surface area contributed by atoms with Gasteiger partial charge < -0.3 is 14.0 Å². The predicted octanol–water partition coefficient (Wildman–Crippen LogP) is 4.02. The maximum absolute atomic E-state index is 10.7. The fourth-order valence-electron chi connectivity index (χ4n) is 3.42. The van der Waals surface area contributed by atoms with Crippen LogP contribution in [0.4, 0.5) is 0 Å². The predicted molar refractivity (Wildman–Crippen MR) is 96.6 cm³/mol. The maximum atomic E-state index is 10.7. The number of nitrogens with zero attached hydrogens (tertiary/aromatic N) is 2. The minimum absolute atomic E-state index is 0.502. The normalized spacial score (nSPS) is 12.5. The third kappa shape index (κ3) is 2.33. The van der Waals surface area contributed by atoms with E-state index in [0.29, 0.717) is 18.0 Å². The Kier molecular flexibility index (Phi) is 3.64. The lowest BCUT2D eigenvalue weighted by Crippen LogP contribution is -2.05. The smallest absolute Gasteiger partial charge is 0.240 e. The molecule has 0 radical (unpaired) electrons. The average Bonchev–Trinajstić information content (AvgIpc) is 3.03. The molecule has 0 N–H and O–H groups in total. The van der Waals surface area contributed by atoms with E-state index in [2.05, 4.69) is 27.9 Å². The molecule has 1 aliphatic heterocycles. The molecular formula is C20H16N2O3. The lowest BCUT2D eigenvalue weighted by molar-refractivity contribution is 0.397. The van der Waals surface area contributed by atoms with Crippen LogP contribution in [0.3, 0.4) is 0 Å². The van der Waals surface area contributed by atoms with Crippen molar-refractivity contribution in [2.75, 3.05) is 14.2 Å². The highest BCUT2D eigenvalue weighted by Gasteiger charge is 2.24. The van der Waals surface area contributed by atoms with Gasteiger partial charge in [0.25, 0.3) is 0 Å². The monoisotopic (exact) mass is 332 g/mol. The van der Waals surface area contributed by atoms with Crippen LogP contribution in [0.15, 0.2) is 53.3 Å². The molecule has 1 aliphatic rings. The van der Waals surface area contributed by atoms with Gasteiger partial charge >= 0.3 is 0 Å². The molecule has 0 fully saturated rings. The van der Waals surface area contributed by atoms with Crippen molar-refractivity contribution in [3.8, 4) is 22.6 Å². The number of carbonyl (C=O) groups excluding carboxylic acids is 1. The van der Waals surface area contributed by atoms with Gasteiger partial charge in [0.05, 0.1) is 37.4 Å². The van der Waals surface area contributed by atoms with E-state index in [4.69, 9.17) is 9.47 Å². The van der Waals surface area contributed by atoms with Crippen LogP contribution in [0.5, 0.6) is 11.5 Å². The summed E-state index contributed by atoms with van der Waals surface area (Å²) in [6.07, 6.45) is 5.57. The van der Waals surface area contributed by atoms with Gasteiger partial charge in [-0.1, -0.05) is 30.3 Å². The van der Waals surface area contributed by atoms with Crippen molar-refractivity contribution in [1.29, 1.82) is 0 Å². The fourth-order valence-corrected chi connectivity index (χ4v) is 3.42. The number of aliphatic imine (C=N–C) groups is 1. The summed E-state index contributed by atoms with van der Waals surface area (Å²) in [5.74, 6) is 1.44. The molecule has 3 aromatic rings. The van der Waals surface area contributed by atoms with Gasteiger partial charge in [-0.15, -0.1) is 0 Å². The number of aromatic nitrogens is 1. The molecule has 1 aromatic heterocycles. The summed E-state index contributed by atoms with van der Waals surface area (Å²) in [4.78, 5) is 14.5. The highest BCUT2D eigenvalue weighted by molar-refractivity contribution is 6.06. The van der Waals surface area contributed by atoms with Gasteiger partial charge in [-0.2, -0.15) is 4.99 Å². The van der Waals surface area contributed by atoms with Gasteiger partial charge in [-0.3, -0.25) is 0 Å². The van der Waals surface area contributed by atoms with Crippen molar-refractivity contribution < 1.29 is 14.3 Å². The molecule has 0 atom stereocenters. The topological polar surface area (TPSA) is 52.8 Å². The van der Waals surface area contributed by atoms with Crippen molar-refractivity contribution in [2.45, 2.75) is 6.54 Å². The van der Waals surface area contributed by atoms with Crippen molar-refractivity contribution >= 4 is 23.1 Å². The average molecular weight is 332 g/mol. The van der Waals surface area contributed by atoms with Crippen LogP contribution in [0.2, 0.25) is 0 Å². The first kappa shape index (κ1) is 15.2. The first-order valence-corrected chi connectivity index (χ1v) is 7.88. The molecule has 0 aliphatic carbocycles. The largest absolute Gasteiger partial charge is 0.496 e. The summed E-state index contributed by atoms with van der Waals surface area (Å²) >= 11 is 0. The number of isocyanates is 1. The number of rotatable bonds is 4. The second-order valence-corrected chi connectivity index (χ2v) is 5.79. The summed E-state index contributed by atoms with van der Waals surface area (Å²) in [6, 6.07) is 12.0. The number of allylic oxidation sites excluding steroid dienone is 1. The Labute approximate surface area is 144 Å². The van der Waals surface area contributed by atoms with E-state index < -0.39 is 0 Å². The lowest BCUT2D eigenvalue weighted by Gasteiger charge is -2.17. The first-order valence-electron chi connectivity index (χ1n) is 7.88. The Morgan fingerprint density at radius 1 is 1.12 bits per heavy atom. The van der Waals surface area contributed by atoms with Gasteiger partial charge in [0.1, 0.15) is 11.5 Å². The molecule has 4 rings (SSSR count). The van der Waals surface area contributed by atoms with Crippen molar-refractivity contribution in [2.24, 2.45) is 4.99 Å². The number of ether oxygens (including phenoxy) is 2. The Bertz CT molecular complexity index is 1040. The van der Waals surface area contributed by atoms with Crippen LogP contribution in [-0.2, 0) is 11.3 Å². The Balaban J connectivity index is 2.10. The van der Waals surface area contributed by atoms with Crippen molar-refractivity contribution in [3.63, 3.8) is 0 Å². The van der Waals surface area contributed by atoms with E-state index in [0.717, 1.165) is 33.3 Å². The molecule has 0 bridgehead atoms. The molecule has 0 amide bonds. The third-order valence-corrected chi connectivity index (χ3v) is 4.46. The van der Waals surface area contributed by atoms with Crippen LogP contribution in [0, 0.1) is 0 Å². The molecule has 2 aromatic carbocycles. The minimum atomic E-state index is 0.502. The van der Waals surface area contributed by atoms with E-state index in [9.17, 15) is 4.79 Å². The Hall–Kier alpha value is -3.30. The van der Waals surface area contributed by atoms with Crippen molar-refractivity contribution in [1.82, 2.24) is 4.57 Å². The molecular weight excluding hydrogens is 316 g/mol. The van der Waals surface area contributed by atoms with E-state index in [1.807, 2.05) is 30.3 Å². The number of methoxy groups -OCH3 is 2. The van der Waals surface area contributed by atoms with Crippen LogP contribution >= 0.6 is 0 Å². The summed E-state index contributed by atoms with van der Waals surface area (Å²) in [7, 11) is 3.28. The van der Waals surface area contributed by atoms with Gasteiger partial charge in [0.2, 0.25) is 6.08 Å². The van der Waals surface area contributed by atoms with E-state index in [1.54, 1.807) is 20.3 Å². The maximum Gasteiger partial charge on any atom is 0.240 e. The van der Waals surface area contributed by atoms with Crippen LogP contribution < -0.4 is 9.47 Å².